The molecule has 1 aromatic heterocycles. The van der Waals surface area contributed by atoms with Crippen molar-refractivity contribution in [3.63, 3.8) is 0 Å². The number of aromatic nitrogens is 1. The largest absolute Gasteiger partial charge is 0.497 e. The molecule has 0 aliphatic rings. The van der Waals surface area contributed by atoms with Gasteiger partial charge >= 0.3 is 6.18 Å². The Morgan fingerprint density at radius 2 is 2.00 bits per heavy atom. The molecule has 2 rings (SSSR count). The number of ether oxygens (including phenoxy) is 2. The molecule has 0 aliphatic heterocycles. The van der Waals surface area contributed by atoms with Crippen molar-refractivity contribution in [2.75, 3.05) is 26.1 Å². The van der Waals surface area contributed by atoms with E-state index < -0.39 is 12.7 Å². The molecule has 0 amide bonds. The smallest absolute Gasteiger partial charge is 0.405 e. The average molecular weight is 318 g/mol. The van der Waals surface area contributed by atoms with Crippen molar-refractivity contribution in [1.29, 1.82) is 0 Å². The summed E-state index contributed by atoms with van der Waals surface area (Å²) in [4.78, 5) is 4.14. The van der Waals surface area contributed by atoms with Crippen molar-refractivity contribution in [2.24, 2.45) is 0 Å². The molecular weight excluding hydrogens is 305 g/mol. The lowest BCUT2D eigenvalue weighted by atomic mass is 10.1. The molecule has 4 nitrogen and oxygen atoms in total. The Morgan fingerprint density at radius 3 is 2.62 bits per heavy atom. The molecule has 0 spiro atoms. The van der Waals surface area contributed by atoms with Crippen LogP contribution < -0.4 is 14.8 Å². The maximum Gasteiger partial charge on any atom is 0.405 e. The topological polar surface area (TPSA) is 43.4 Å². The van der Waals surface area contributed by atoms with E-state index >= 15 is 0 Å². The SMILES string of the molecule is COc1ccc(OC)c(-c2csc(NCC(F)(F)F)n2)c1. The molecule has 1 N–H and O–H groups in total. The second-order valence-electron chi connectivity index (χ2n) is 4.07. The summed E-state index contributed by atoms with van der Waals surface area (Å²) < 4.78 is 46.9. The summed E-state index contributed by atoms with van der Waals surface area (Å²) in [5.41, 5.74) is 1.19. The van der Waals surface area contributed by atoms with E-state index in [1.54, 1.807) is 23.6 Å². The molecule has 1 aromatic carbocycles. The van der Waals surface area contributed by atoms with Crippen LogP contribution in [0.2, 0.25) is 0 Å². The highest BCUT2D eigenvalue weighted by Crippen LogP contribution is 2.35. The molecule has 0 aliphatic carbocycles. The van der Waals surface area contributed by atoms with Crippen molar-refractivity contribution in [2.45, 2.75) is 6.18 Å². The highest BCUT2D eigenvalue weighted by atomic mass is 32.1. The molecule has 1 heterocycles. The van der Waals surface area contributed by atoms with Crippen LogP contribution in [-0.4, -0.2) is 31.9 Å². The van der Waals surface area contributed by atoms with Crippen LogP contribution in [0, 0.1) is 0 Å². The van der Waals surface area contributed by atoms with E-state index in [4.69, 9.17) is 9.47 Å². The molecule has 0 saturated heterocycles. The fourth-order valence-corrected chi connectivity index (χ4v) is 2.38. The Kier molecular flexibility index (Phi) is 4.56. The number of halogens is 3. The normalized spacial score (nSPS) is 11.3. The number of hydrogen-bond donors (Lipinski definition) is 1. The number of nitrogens with one attached hydrogen (secondary N) is 1. The van der Waals surface area contributed by atoms with Crippen molar-refractivity contribution in [3.05, 3.63) is 23.6 Å². The van der Waals surface area contributed by atoms with Crippen LogP contribution in [0.3, 0.4) is 0 Å². The zero-order chi connectivity index (χ0) is 15.5. The number of anilines is 1. The first kappa shape index (κ1) is 15.4. The summed E-state index contributed by atoms with van der Waals surface area (Å²) in [6.07, 6.45) is -4.28. The maximum absolute atomic E-state index is 12.2. The molecule has 0 unspecified atom stereocenters. The first-order chi connectivity index (χ1) is 9.93. The van der Waals surface area contributed by atoms with Gasteiger partial charge in [0.2, 0.25) is 0 Å². The number of rotatable bonds is 5. The van der Waals surface area contributed by atoms with Gasteiger partial charge in [-0.2, -0.15) is 13.2 Å². The predicted octanol–water partition coefficient (Wildman–Crippen LogP) is 3.80. The Hall–Kier alpha value is -1.96. The molecule has 21 heavy (non-hydrogen) atoms. The zero-order valence-corrected chi connectivity index (χ0v) is 12.1. The number of benzene rings is 1. The first-order valence-corrected chi connectivity index (χ1v) is 6.79. The third-order valence-electron chi connectivity index (χ3n) is 2.63. The van der Waals surface area contributed by atoms with E-state index in [-0.39, 0.29) is 5.13 Å². The lowest BCUT2D eigenvalue weighted by Gasteiger charge is -2.08. The third-order valence-corrected chi connectivity index (χ3v) is 3.43. The minimum Gasteiger partial charge on any atom is -0.497 e. The van der Waals surface area contributed by atoms with E-state index in [1.807, 2.05) is 0 Å². The first-order valence-electron chi connectivity index (χ1n) is 5.91. The van der Waals surface area contributed by atoms with Gasteiger partial charge in [-0.05, 0) is 18.2 Å². The molecule has 0 radical (unpaired) electrons. The number of thiazole rings is 1. The van der Waals surface area contributed by atoms with E-state index in [9.17, 15) is 13.2 Å². The van der Waals surface area contributed by atoms with E-state index in [0.717, 1.165) is 11.3 Å². The van der Waals surface area contributed by atoms with Crippen LogP contribution in [0.25, 0.3) is 11.3 Å². The molecule has 114 valence electrons. The van der Waals surface area contributed by atoms with Gasteiger partial charge in [0, 0.05) is 10.9 Å². The Bertz CT molecular complexity index is 614. The van der Waals surface area contributed by atoms with Gasteiger partial charge in [-0.3, -0.25) is 0 Å². The van der Waals surface area contributed by atoms with Crippen molar-refractivity contribution >= 4 is 16.5 Å². The Morgan fingerprint density at radius 1 is 1.24 bits per heavy atom. The van der Waals surface area contributed by atoms with E-state index in [2.05, 4.69) is 10.3 Å². The minimum atomic E-state index is -4.28. The molecule has 8 heteroatoms. The summed E-state index contributed by atoms with van der Waals surface area (Å²) in [7, 11) is 3.05. The van der Waals surface area contributed by atoms with Gasteiger partial charge in [-0.1, -0.05) is 0 Å². The standard InChI is InChI=1S/C13H13F3N2O2S/c1-19-8-3-4-11(20-2)9(5-8)10-6-21-12(18-10)17-7-13(14,15)16/h3-6H,7H2,1-2H3,(H,17,18). The highest BCUT2D eigenvalue weighted by Gasteiger charge is 2.27. The van der Waals surface area contributed by atoms with Gasteiger partial charge in [0.05, 0.1) is 19.9 Å². The second kappa shape index (κ2) is 6.21. The quantitative estimate of drug-likeness (QED) is 0.910. The van der Waals surface area contributed by atoms with Gasteiger partial charge in [-0.25, -0.2) is 4.98 Å². The number of nitrogens with zero attached hydrogens (tertiary/aromatic N) is 1. The van der Waals surface area contributed by atoms with Crippen molar-refractivity contribution in [1.82, 2.24) is 4.98 Å². The molecular formula is C13H13F3N2O2S. The van der Waals surface area contributed by atoms with Gasteiger partial charge < -0.3 is 14.8 Å². The average Bonchev–Trinajstić information content (AvgIpc) is 2.92. The lowest BCUT2D eigenvalue weighted by molar-refractivity contribution is -0.115. The fourth-order valence-electron chi connectivity index (χ4n) is 1.67. The van der Waals surface area contributed by atoms with Gasteiger partial charge in [0.1, 0.15) is 18.0 Å². The number of alkyl halides is 3. The zero-order valence-electron chi connectivity index (χ0n) is 11.3. The second-order valence-corrected chi connectivity index (χ2v) is 4.93. The fraction of sp³-hybridized carbons (Fsp3) is 0.308. The Labute approximate surface area is 123 Å². The van der Waals surface area contributed by atoms with Crippen LogP contribution in [0.1, 0.15) is 0 Å². The van der Waals surface area contributed by atoms with Gasteiger partial charge in [-0.15, -0.1) is 11.3 Å². The molecule has 0 atom stereocenters. The summed E-state index contributed by atoms with van der Waals surface area (Å²) in [6.45, 7) is -1.12. The van der Waals surface area contributed by atoms with E-state index in [0.29, 0.717) is 22.8 Å². The van der Waals surface area contributed by atoms with Crippen LogP contribution >= 0.6 is 11.3 Å². The molecule has 0 saturated carbocycles. The van der Waals surface area contributed by atoms with Crippen LogP contribution in [-0.2, 0) is 0 Å². The van der Waals surface area contributed by atoms with Crippen molar-refractivity contribution in [3.8, 4) is 22.8 Å². The monoisotopic (exact) mass is 318 g/mol. The minimum absolute atomic E-state index is 0.201. The summed E-state index contributed by atoms with van der Waals surface area (Å²) in [6, 6.07) is 5.18. The lowest BCUT2D eigenvalue weighted by Crippen LogP contribution is -2.21. The summed E-state index contributed by atoms with van der Waals surface area (Å²) in [5, 5.41) is 4.11. The number of hydrogen-bond acceptors (Lipinski definition) is 5. The third kappa shape index (κ3) is 4.01. The summed E-state index contributed by atoms with van der Waals surface area (Å²) in [5.74, 6) is 1.19. The highest BCUT2D eigenvalue weighted by molar-refractivity contribution is 7.14. The van der Waals surface area contributed by atoms with Crippen LogP contribution in [0.15, 0.2) is 23.6 Å². The maximum atomic E-state index is 12.2. The van der Waals surface area contributed by atoms with Gasteiger partial charge in [0.15, 0.2) is 5.13 Å². The van der Waals surface area contributed by atoms with Gasteiger partial charge in [0.25, 0.3) is 0 Å². The molecule has 0 bridgehead atoms. The molecule has 2 aromatic rings. The molecule has 0 fully saturated rings. The van der Waals surface area contributed by atoms with Crippen LogP contribution in [0.4, 0.5) is 18.3 Å². The predicted molar refractivity (Wildman–Crippen MR) is 75.2 cm³/mol. The van der Waals surface area contributed by atoms with E-state index in [1.165, 1.54) is 14.2 Å². The van der Waals surface area contributed by atoms with Crippen LogP contribution in [0.5, 0.6) is 11.5 Å². The van der Waals surface area contributed by atoms with Crippen molar-refractivity contribution < 1.29 is 22.6 Å². The summed E-state index contributed by atoms with van der Waals surface area (Å²) >= 11 is 1.10. The number of methoxy groups -OCH3 is 2. The Balaban J connectivity index is 2.24.